The molecule has 6 heteroatoms. The van der Waals surface area contributed by atoms with E-state index in [4.69, 9.17) is 25.8 Å². The van der Waals surface area contributed by atoms with Crippen molar-refractivity contribution < 1.29 is 23.8 Å². The van der Waals surface area contributed by atoms with Gasteiger partial charge in [0.1, 0.15) is 5.75 Å². The molecule has 25 heavy (non-hydrogen) atoms. The third-order valence-corrected chi connectivity index (χ3v) is 3.73. The lowest BCUT2D eigenvalue weighted by Gasteiger charge is -2.11. The number of hydrogen-bond acceptors (Lipinski definition) is 5. The summed E-state index contributed by atoms with van der Waals surface area (Å²) in [5.74, 6) is 0.914. The highest BCUT2D eigenvalue weighted by Crippen LogP contribution is 2.28. The molecular formula is C19H19ClO5. The topological polar surface area (TPSA) is 61.8 Å². The fourth-order valence-electron chi connectivity index (χ4n) is 2.11. The summed E-state index contributed by atoms with van der Waals surface area (Å²) >= 11 is 5.94. The average molecular weight is 363 g/mol. The number of hydrogen-bond donors (Lipinski definition) is 0. The monoisotopic (exact) mass is 362 g/mol. The van der Waals surface area contributed by atoms with Gasteiger partial charge in [-0.1, -0.05) is 23.7 Å². The van der Waals surface area contributed by atoms with E-state index in [1.807, 2.05) is 0 Å². The first-order valence-electron chi connectivity index (χ1n) is 7.78. The van der Waals surface area contributed by atoms with Gasteiger partial charge in [-0.15, -0.1) is 0 Å². The molecule has 0 aliphatic rings. The standard InChI is InChI=1S/C19H19ClO5/c1-13(21)14-9-10-17(18(12-14)23-2)24-11-5-8-19(22)25-16-7-4-3-6-15(16)20/h3-4,6-7,9-10,12H,5,8,11H2,1-2H3. The van der Waals surface area contributed by atoms with Crippen molar-refractivity contribution in [3.8, 4) is 17.2 Å². The third kappa shape index (κ3) is 5.50. The maximum atomic E-state index is 11.8. The number of halogens is 1. The molecule has 0 aromatic heterocycles. The fourth-order valence-corrected chi connectivity index (χ4v) is 2.28. The molecule has 0 radical (unpaired) electrons. The first-order valence-corrected chi connectivity index (χ1v) is 8.16. The molecule has 0 amide bonds. The first-order chi connectivity index (χ1) is 12.0. The molecule has 0 aliphatic heterocycles. The summed E-state index contributed by atoms with van der Waals surface area (Å²) in [6.45, 7) is 1.80. The number of ketones is 1. The Morgan fingerprint density at radius 3 is 2.48 bits per heavy atom. The average Bonchev–Trinajstić information content (AvgIpc) is 2.60. The molecule has 0 fully saturated rings. The summed E-state index contributed by atoms with van der Waals surface area (Å²) in [4.78, 5) is 23.2. The molecule has 0 spiro atoms. The predicted molar refractivity (Wildman–Crippen MR) is 94.8 cm³/mol. The zero-order chi connectivity index (χ0) is 18.2. The minimum Gasteiger partial charge on any atom is -0.493 e. The van der Waals surface area contributed by atoms with E-state index in [0.29, 0.717) is 40.9 Å². The minimum atomic E-state index is -0.379. The SMILES string of the molecule is COc1cc(C(C)=O)ccc1OCCCC(=O)Oc1ccccc1Cl. The highest BCUT2D eigenvalue weighted by molar-refractivity contribution is 6.32. The molecule has 132 valence electrons. The number of benzene rings is 2. The fraction of sp³-hybridized carbons (Fsp3) is 0.263. The van der Waals surface area contributed by atoms with Gasteiger partial charge in [0, 0.05) is 12.0 Å². The van der Waals surface area contributed by atoms with Crippen LogP contribution in [0.2, 0.25) is 5.02 Å². The van der Waals surface area contributed by atoms with Crippen LogP contribution in [-0.4, -0.2) is 25.5 Å². The second-order valence-electron chi connectivity index (χ2n) is 5.28. The molecule has 0 atom stereocenters. The minimum absolute atomic E-state index is 0.0489. The van der Waals surface area contributed by atoms with Crippen molar-refractivity contribution in [2.75, 3.05) is 13.7 Å². The zero-order valence-corrected chi connectivity index (χ0v) is 14.8. The van der Waals surface area contributed by atoms with Crippen molar-refractivity contribution in [2.45, 2.75) is 19.8 Å². The van der Waals surface area contributed by atoms with Crippen LogP contribution in [0.1, 0.15) is 30.1 Å². The van der Waals surface area contributed by atoms with Crippen LogP contribution in [0.15, 0.2) is 42.5 Å². The van der Waals surface area contributed by atoms with Crippen molar-refractivity contribution in [1.29, 1.82) is 0 Å². The molecule has 0 bridgehead atoms. The van der Waals surface area contributed by atoms with Crippen LogP contribution >= 0.6 is 11.6 Å². The molecule has 0 unspecified atom stereocenters. The Labute approximate surface area is 151 Å². The Kier molecular flexibility index (Phi) is 6.83. The van der Waals surface area contributed by atoms with Crippen LogP contribution in [0, 0.1) is 0 Å². The van der Waals surface area contributed by atoms with Crippen molar-refractivity contribution >= 4 is 23.4 Å². The van der Waals surface area contributed by atoms with Crippen molar-refractivity contribution in [2.24, 2.45) is 0 Å². The molecular weight excluding hydrogens is 344 g/mol. The van der Waals surface area contributed by atoms with Crippen molar-refractivity contribution in [3.05, 3.63) is 53.1 Å². The van der Waals surface area contributed by atoms with Crippen molar-refractivity contribution in [3.63, 3.8) is 0 Å². The van der Waals surface area contributed by atoms with Gasteiger partial charge >= 0.3 is 5.97 Å². The van der Waals surface area contributed by atoms with E-state index in [0.717, 1.165) is 0 Å². The lowest BCUT2D eigenvalue weighted by molar-refractivity contribution is -0.134. The maximum absolute atomic E-state index is 11.8. The van der Waals surface area contributed by atoms with E-state index >= 15 is 0 Å². The number of rotatable bonds is 8. The molecule has 2 aromatic rings. The van der Waals surface area contributed by atoms with Gasteiger partial charge in [-0.2, -0.15) is 0 Å². The number of Topliss-reactive ketones (excluding diaryl/α,β-unsaturated/α-hetero) is 1. The number of esters is 1. The second-order valence-corrected chi connectivity index (χ2v) is 5.69. The van der Waals surface area contributed by atoms with E-state index in [9.17, 15) is 9.59 Å². The highest BCUT2D eigenvalue weighted by atomic mass is 35.5. The summed E-state index contributed by atoms with van der Waals surface area (Å²) in [6.07, 6.45) is 0.667. The lowest BCUT2D eigenvalue weighted by atomic mass is 10.1. The van der Waals surface area contributed by atoms with Gasteiger partial charge in [0.2, 0.25) is 0 Å². The Morgan fingerprint density at radius 1 is 1.04 bits per heavy atom. The van der Waals surface area contributed by atoms with Crippen LogP contribution in [0.3, 0.4) is 0 Å². The Bertz CT molecular complexity index is 757. The number of ether oxygens (including phenoxy) is 3. The molecule has 5 nitrogen and oxygen atoms in total. The smallest absolute Gasteiger partial charge is 0.311 e. The van der Waals surface area contributed by atoms with Gasteiger partial charge in [-0.25, -0.2) is 0 Å². The van der Waals surface area contributed by atoms with Crippen LogP contribution in [0.4, 0.5) is 0 Å². The second kappa shape index (κ2) is 9.08. The molecule has 0 aliphatic carbocycles. The maximum Gasteiger partial charge on any atom is 0.311 e. The molecule has 2 aromatic carbocycles. The van der Waals surface area contributed by atoms with Crippen LogP contribution in [0.5, 0.6) is 17.2 Å². The Morgan fingerprint density at radius 2 is 1.80 bits per heavy atom. The van der Waals surface area contributed by atoms with Crippen molar-refractivity contribution in [1.82, 2.24) is 0 Å². The third-order valence-electron chi connectivity index (χ3n) is 3.41. The number of carbonyl (C=O) groups excluding carboxylic acids is 2. The van der Waals surface area contributed by atoms with Crippen LogP contribution < -0.4 is 14.2 Å². The molecule has 0 saturated heterocycles. The summed E-state index contributed by atoms with van der Waals surface area (Å²) in [6, 6.07) is 11.8. The quantitative estimate of drug-likeness (QED) is 0.303. The summed E-state index contributed by atoms with van der Waals surface area (Å²) < 4.78 is 16.0. The van der Waals surface area contributed by atoms with E-state index in [1.165, 1.54) is 14.0 Å². The van der Waals surface area contributed by atoms with E-state index in [2.05, 4.69) is 0 Å². The largest absolute Gasteiger partial charge is 0.493 e. The Hall–Kier alpha value is -2.53. The van der Waals surface area contributed by atoms with Gasteiger partial charge in [0.05, 0.1) is 18.7 Å². The van der Waals surface area contributed by atoms with Gasteiger partial charge in [-0.05, 0) is 43.7 Å². The van der Waals surface area contributed by atoms with Gasteiger partial charge in [-0.3, -0.25) is 9.59 Å². The predicted octanol–water partition coefficient (Wildman–Crippen LogP) is 4.32. The number of methoxy groups -OCH3 is 1. The van der Waals surface area contributed by atoms with Gasteiger partial charge in [0.25, 0.3) is 0 Å². The molecule has 0 heterocycles. The lowest BCUT2D eigenvalue weighted by Crippen LogP contribution is -2.10. The first kappa shape index (κ1) is 18.8. The van der Waals surface area contributed by atoms with Crippen LogP contribution in [-0.2, 0) is 4.79 Å². The normalized spacial score (nSPS) is 10.2. The summed E-state index contributed by atoms with van der Waals surface area (Å²) in [5, 5.41) is 0.391. The Balaban J connectivity index is 1.82. The number of para-hydroxylation sites is 1. The summed E-state index contributed by atoms with van der Waals surface area (Å²) in [5.41, 5.74) is 0.549. The molecule has 0 saturated carbocycles. The highest BCUT2D eigenvalue weighted by Gasteiger charge is 2.10. The van der Waals surface area contributed by atoms with E-state index in [1.54, 1.807) is 42.5 Å². The van der Waals surface area contributed by atoms with Gasteiger partial charge in [0.15, 0.2) is 17.3 Å². The van der Waals surface area contributed by atoms with Crippen LogP contribution in [0.25, 0.3) is 0 Å². The van der Waals surface area contributed by atoms with Gasteiger partial charge < -0.3 is 14.2 Å². The van der Waals surface area contributed by atoms with E-state index < -0.39 is 0 Å². The molecule has 2 rings (SSSR count). The van der Waals surface area contributed by atoms with E-state index in [-0.39, 0.29) is 18.2 Å². The summed E-state index contributed by atoms with van der Waals surface area (Å²) in [7, 11) is 1.51. The zero-order valence-electron chi connectivity index (χ0n) is 14.1. The molecule has 0 N–H and O–H groups in total. The number of carbonyl (C=O) groups is 2.